The van der Waals surface area contributed by atoms with Crippen LogP contribution in [-0.4, -0.2) is 53.1 Å². The van der Waals surface area contributed by atoms with Crippen LogP contribution in [0.25, 0.3) is 0 Å². The quantitative estimate of drug-likeness (QED) is 0.300. The van der Waals surface area contributed by atoms with E-state index in [1.54, 1.807) is 0 Å². The zero-order valence-corrected chi connectivity index (χ0v) is 24.1. The molecule has 9 heteroatoms. The second kappa shape index (κ2) is 12.7. The first kappa shape index (κ1) is 27.8. The summed E-state index contributed by atoms with van der Waals surface area (Å²) < 4.78 is 17.4. The van der Waals surface area contributed by atoms with Gasteiger partial charge in [-0.1, -0.05) is 72.4 Å². The van der Waals surface area contributed by atoms with E-state index in [1.165, 1.54) is 11.8 Å². The third-order valence-electron chi connectivity index (χ3n) is 7.28. The molecule has 0 aliphatic carbocycles. The summed E-state index contributed by atoms with van der Waals surface area (Å²) >= 11 is 1.46. The number of carbonyl (C=O) groups excluding carboxylic acids is 2. The molecule has 0 bridgehead atoms. The largest absolute Gasteiger partial charge is 0.457 e. The molecule has 1 atom stereocenters. The van der Waals surface area contributed by atoms with Gasteiger partial charge in [0.2, 0.25) is 5.91 Å². The number of morpholine rings is 1. The average Bonchev–Trinajstić information content (AvgIpc) is 3.42. The van der Waals surface area contributed by atoms with Crippen LogP contribution in [0.3, 0.4) is 0 Å². The van der Waals surface area contributed by atoms with Gasteiger partial charge < -0.3 is 24.0 Å². The van der Waals surface area contributed by atoms with E-state index in [-0.39, 0.29) is 18.9 Å². The van der Waals surface area contributed by atoms with Gasteiger partial charge in [0.25, 0.3) is 0 Å². The predicted octanol–water partition coefficient (Wildman–Crippen LogP) is 6.05. The van der Waals surface area contributed by atoms with E-state index in [4.69, 9.17) is 19.2 Å². The number of ether oxygens (including phenoxy) is 3. The predicted molar refractivity (Wildman–Crippen MR) is 162 cm³/mol. The normalized spacial score (nSPS) is 18.3. The van der Waals surface area contributed by atoms with Crippen molar-refractivity contribution in [1.29, 1.82) is 0 Å². The molecule has 1 fully saturated rings. The fourth-order valence-corrected chi connectivity index (χ4v) is 6.16. The Labute approximate surface area is 249 Å². The molecule has 0 unspecified atom stereocenters. The molecule has 1 amide bonds. The molecule has 1 saturated heterocycles. The van der Waals surface area contributed by atoms with Crippen LogP contribution in [0.5, 0.6) is 11.5 Å². The van der Waals surface area contributed by atoms with E-state index in [0.717, 1.165) is 22.0 Å². The van der Waals surface area contributed by atoms with Crippen LogP contribution in [0, 0.1) is 0 Å². The van der Waals surface area contributed by atoms with Crippen molar-refractivity contribution in [1.82, 2.24) is 9.80 Å². The number of rotatable bonds is 8. The molecule has 3 aromatic carbocycles. The Morgan fingerprint density at radius 2 is 1.67 bits per heavy atom. The van der Waals surface area contributed by atoms with Gasteiger partial charge in [-0.25, -0.2) is 9.79 Å². The van der Waals surface area contributed by atoms with E-state index < -0.39 is 12.0 Å². The highest BCUT2D eigenvalue weighted by molar-refractivity contribution is 8.16. The Hall–Kier alpha value is -4.34. The summed E-state index contributed by atoms with van der Waals surface area (Å²) in [5, 5.41) is 2.68. The van der Waals surface area contributed by atoms with Crippen molar-refractivity contribution in [3.05, 3.63) is 118 Å². The number of hydrogen-bond acceptors (Lipinski definition) is 8. The van der Waals surface area contributed by atoms with Crippen LogP contribution >= 0.6 is 11.8 Å². The monoisotopic (exact) mass is 581 g/mol. The third kappa shape index (κ3) is 6.12. The molecule has 42 heavy (non-hydrogen) atoms. The standard InChI is InChI=1S/C33H31N3O5S/c1-23-30(32(38)40-21-24-9-4-2-5-10-24)31(25-11-8-14-28(19-25)41-27-12-6-3-7-13-27)36-26(22-42-33(36)34-23)20-29(37)35-15-17-39-18-16-35/h2-14,19,22,31H,15-18,20-21H2,1H3/t31-/m1/s1. The number of benzene rings is 3. The van der Waals surface area contributed by atoms with Crippen molar-refractivity contribution in [3.8, 4) is 11.5 Å². The van der Waals surface area contributed by atoms with Gasteiger partial charge in [0, 0.05) is 18.8 Å². The maximum absolute atomic E-state index is 13.8. The molecular formula is C33H31N3O5S. The summed E-state index contributed by atoms with van der Waals surface area (Å²) in [7, 11) is 0. The van der Waals surface area contributed by atoms with E-state index in [2.05, 4.69) is 0 Å². The molecule has 0 saturated carbocycles. The number of esters is 1. The Morgan fingerprint density at radius 3 is 2.43 bits per heavy atom. The molecule has 6 rings (SSSR count). The van der Waals surface area contributed by atoms with E-state index >= 15 is 0 Å². The number of hydrogen-bond donors (Lipinski definition) is 0. The summed E-state index contributed by atoms with van der Waals surface area (Å²) in [6.45, 7) is 4.18. The molecule has 0 N–H and O–H groups in total. The maximum Gasteiger partial charge on any atom is 0.338 e. The van der Waals surface area contributed by atoms with Crippen molar-refractivity contribution >= 4 is 28.8 Å². The first-order chi connectivity index (χ1) is 20.6. The molecule has 8 nitrogen and oxygen atoms in total. The van der Waals surface area contributed by atoms with Gasteiger partial charge in [0.05, 0.1) is 36.9 Å². The van der Waals surface area contributed by atoms with E-state index in [0.29, 0.717) is 49.1 Å². The molecule has 3 aliphatic heterocycles. The molecule has 3 heterocycles. The summed E-state index contributed by atoms with van der Waals surface area (Å²) in [4.78, 5) is 35.7. The van der Waals surface area contributed by atoms with Gasteiger partial charge in [-0.2, -0.15) is 0 Å². The third-order valence-corrected chi connectivity index (χ3v) is 8.17. The smallest absolute Gasteiger partial charge is 0.338 e. The minimum absolute atomic E-state index is 0.0193. The number of carbonyl (C=O) groups is 2. The SMILES string of the molecule is CC1=C(C(=O)OCc2ccccc2)[C@@H](c2cccc(Oc3ccccc3)c2)N2C(CC(=O)N3CCOCC3)=CSC2=N1. The second-order valence-electron chi connectivity index (χ2n) is 10.1. The van der Waals surface area contributed by atoms with Crippen LogP contribution < -0.4 is 4.74 Å². The second-order valence-corrected chi connectivity index (χ2v) is 10.9. The van der Waals surface area contributed by atoms with Crippen molar-refractivity contribution in [2.24, 2.45) is 4.99 Å². The molecule has 0 aromatic heterocycles. The van der Waals surface area contributed by atoms with Crippen LogP contribution in [-0.2, 0) is 25.7 Å². The van der Waals surface area contributed by atoms with Crippen molar-refractivity contribution in [2.75, 3.05) is 26.3 Å². The van der Waals surface area contributed by atoms with Gasteiger partial charge in [0.15, 0.2) is 5.17 Å². The Morgan fingerprint density at radius 1 is 0.952 bits per heavy atom. The van der Waals surface area contributed by atoms with Gasteiger partial charge in [-0.15, -0.1) is 0 Å². The summed E-state index contributed by atoms with van der Waals surface area (Å²) in [6.07, 6.45) is 0.189. The van der Waals surface area contributed by atoms with Gasteiger partial charge in [-0.3, -0.25) is 4.79 Å². The number of para-hydroxylation sites is 1. The van der Waals surface area contributed by atoms with Crippen molar-refractivity contribution in [3.63, 3.8) is 0 Å². The van der Waals surface area contributed by atoms with Crippen LogP contribution in [0.15, 0.2) is 112 Å². The minimum Gasteiger partial charge on any atom is -0.457 e. The Balaban J connectivity index is 1.33. The van der Waals surface area contributed by atoms with Crippen LogP contribution in [0.2, 0.25) is 0 Å². The minimum atomic E-state index is -0.557. The lowest BCUT2D eigenvalue weighted by Gasteiger charge is -2.37. The highest BCUT2D eigenvalue weighted by Gasteiger charge is 2.41. The first-order valence-corrected chi connectivity index (χ1v) is 14.8. The number of fused-ring (bicyclic) bond motifs is 1. The van der Waals surface area contributed by atoms with Gasteiger partial charge in [-0.05, 0) is 47.7 Å². The summed E-state index contributed by atoms with van der Waals surface area (Å²) in [5.74, 6) is 0.919. The fourth-order valence-electron chi connectivity index (χ4n) is 5.20. The van der Waals surface area contributed by atoms with Crippen molar-refractivity contribution in [2.45, 2.75) is 26.0 Å². The lowest BCUT2D eigenvalue weighted by Crippen LogP contribution is -2.42. The summed E-state index contributed by atoms with van der Waals surface area (Å²) in [6, 6.07) is 26.3. The summed E-state index contributed by atoms with van der Waals surface area (Å²) in [5.41, 5.74) is 3.52. The Kier molecular flexibility index (Phi) is 8.39. The number of amides is 1. The number of allylic oxidation sites excluding steroid dienone is 1. The van der Waals surface area contributed by atoms with Crippen LogP contribution in [0.4, 0.5) is 0 Å². The number of thioether (sulfide) groups is 1. The van der Waals surface area contributed by atoms with Gasteiger partial charge >= 0.3 is 5.97 Å². The molecule has 0 radical (unpaired) electrons. The molecule has 3 aromatic rings. The zero-order chi connectivity index (χ0) is 28.9. The Bertz CT molecular complexity index is 1550. The van der Waals surface area contributed by atoms with Crippen molar-refractivity contribution < 1.29 is 23.8 Å². The molecular weight excluding hydrogens is 550 g/mol. The topological polar surface area (TPSA) is 80.7 Å². The molecule has 3 aliphatic rings. The molecule has 214 valence electrons. The maximum atomic E-state index is 13.8. The van der Waals surface area contributed by atoms with E-state index in [1.807, 2.05) is 107 Å². The van der Waals surface area contributed by atoms with Crippen LogP contribution in [0.1, 0.15) is 30.5 Å². The average molecular weight is 582 g/mol. The number of nitrogens with zero attached hydrogens (tertiary/aromatic N) is 3. The van der Waals surface area contributed by atoms with Gasteiger partial charge in [0.1, 0.15) is 18.1 Å². The van der Waals surface area contributed by atoms with E-state index in [9.17, 15) is 9.59 Å². The highest BCUT2D eigenvalue weighted by Crippen LogP contribution is 2.45. The fraction of sp³-hybridized carbons (Fsp3) is 0.242. The number of aliphatic imine (C=N–C) groups is 1. The lowest BCUT2D eigenvalue weighted by molar-refractivity contribution is -0.141. The first-order valence-electron chi connectivity index (χ1n) is 13.9. The zero-order valence-electron chi connectivity index (χ0n) is 23.3. The number of amidine groups is 1. The lowest BCUT2D eigenvalue weighted by atomic mass is 9.93. The highest BCUT2D eigenvalue weighted by atomic mass is 32.2. The molecule has 0 spiro atoms.